The Bertz CT molecular complexity index is 447. The van der Waals surface area contributed by atoms with Crippen molar-refractivity contribution in [3.05, 3.63) is 22.4 Å². The van der Waals surface area contributed by atoms with Crippen LogP contribution in [0.25, 0.3) is 0 Å². The molecule has 0 aliphatic carbocycles. The Morgan fingerprint density at radius 1 is 1.55 bits per heavy atom. The molecular formula is C14H21N3O2S. The first-order chi connectivity index (χ1) is 9.65. The lowest BCUT2D eigenvalue weighted by Gasteiger charge is -2.21. The predicted molar refractivity (Wildman–Crippen MR) is 79.8 cm³/mol. The number of nitrogens with one attached hydrogen (secondary N) is 2. The van der Waals surface area contributed by atoms with Crippen molar-refractivity contribution in [1.82, 2.24) is 15.5 Å². The average Bonchev–Trinajstić information content (AvgIpc) is 2.83. The van der Waals surface area contributed by atoms with Crippen molar-refractivity contribution in [2.45, 2.75) is 19.8 Å². The van der Waals surface area contributed by atoms with Crippen molar-refractivity contribution in [2.24, 2.45) is 5.92 Å². The largest absolute Gasteiger partial charge is 0.354 e. The second-order valence-electron chi connectivity index (χ2n) is 5.16. The minimum absolute atomic E-state index is 0.0198. The highest BCUT2D eigenvalue weighted by Crippen LogP contribution is 2.13. The second-order valence-corrected chi connectivity index (χ2v) is 6.19. The van der Waals surface area contributed by atoms with Crippen molar-refractivity contribution < 1.29 is 9.59 Å². The van der Waals surface area contributed by atoms with E-state index >= 15 is 0 Å². The highest BCUT2D eigenvalue weighted by atomic mass is 32.1. The molecule has 1 aliphatic rings. The molecule has 0 aromatic carbocycles. The lowest BCUT2D eigenvalue weighted by molar-refractivity contribution is -0.120. The van der Waals surface area contributed by atoms with E-state index in [2.05, 4.69) is 29.0 Å². The molecule has 0 unspecified atom stereocenters. The Balaban J connectivity index is 1.72. The zero-order chi connectivity index (χ0) is 14.4. The predicted octanol–water partition coefficient (Wildman–Crippen LogP) is 1.46. The highest BCUT2D eigenvalue weighted by Gasteiger charge is 2.18. The summed E-state index contributed by atoms with van der Waals surface area (Å²) in [6.07, 6.45) is 1.37. The van der Waals surface area contributed by atoms with E-state index in [-0.39, 0.29) is 11.9 Å². The van der Waals surface area contributed by atoms with E-state index in [1.165, 1.54) is 4.88 Å². The fourth-order valence-electron chi connectivity index (χ4n) is 2.19. The molecule has 1 aromatic heterocycles. The number of amides is 3. The van der Waals surface area contributed by atoms with E-state index in [4.69, 9.17) is 0 Å². The van der Waals surface area contributed by atoms with Crippen LogP contribution in [0.4, 0.5) is 4.79 Å². The van der Waals surface area contributed by atoms with Gasteiger partial charge in [0.1, 0.15) is 0 Å². The summed E-state index contributed by atoms with van der Waals surface area (Å²) in [5, 5.41) is 7.80. The molecule has 1 aromatic rings. The van der Waals surface area contributed by atoms with Gasteiger partial charge in [0.25, 0.3) is 0 Å². The molecule has 0 spiro atoms. The van der Waals surface area contributed by atoms with Crippen LogP contribution in [0, 0.1) is 5.92 Å². The maximum atomic E-state index is 12.0. The van der Waals surface area contributed by atoms with Crippen LogP contribution < -0.4 is 10.6 Å². The quantitative estimate of drug-likeness (QED) is 0.883. The fourth-order valence-corrected chi connectivity index (χ4v) is 3.06. The first-order valence-electron chi connectivity index (χ1n) is 6.97. The zero-order valence-electron chi connectivity index (χ0n) is 11.7. The monoisotopic (exact) mass is 295 g/mol. The minimum Gasteiger partial charge on any atom is -0.354 e. The molecule has 0 bridgehead atoms. The molecule has 2 N–H and O–H groups in total. The first-order valence-corrected chi connectivity index (χ1v) is 7.85. The molecule has 0 radical (unpaired) electrons. The van der Waals surface area contributed by atoms with Crippen LogP contribution in [0.2, 0.25) is 0 Å². The van der Waals surface area contributed by atoms with Crippen LogP contribution in [0.1, 0.15) is 18.2 Å². The Labute approximate surface area is 123 Å². The standard InChI is InChI=1S/C14H21N3O2S/c1-11(9-12-3-2-8-20-12)10-16-14(19)17-6-4-13(18)15-5-7-17/h2-3,8,11H,4-7,9-10H2,1H3,(H,15,18)(H,16,19)/t11-/m1/s1. The molecule has 0 saturated carbocycles. The Hall–Kier alpha value is -1.56. The van der Waals surface area contributed by atoms with Gasteiger partial charge in [0.2, 0.25) is 5.91 Å². The normalized spacial score (nSPS) is 17.2. The average molecular weight is 295 g/mol. The Morgan fingerprint density at radius 3 is 3.15 bits per heavy atom. The lowest BCUT2D eigenvalue weighted by atomic mass is 10.1. The van der Waals surface area contributed by atoms with Gasteiger partial charge in [0, 0.05) is 37.5 Å². The van der Waals surface area contributed by atoms with Gasteiger partial charge in [-0.15, -0.1) is 11.3 Å². The van der Waals surface area contributed by atoms with E-state index in [1.807, 2.05) is 6.07 Å². The number of hydrogen-bond donors (Lipinski definition) is 2. The van der Waals surface area contributed by atoms with Gasteiger partial charge in [-0.05, 0) is 23.8 Å². The number of thiophene rings is 1. The van der Waals surface area contributed by atoms with Gasteiger partial charge in [-0.1, -0.05) is 13.0 Å². The lowest BCUT2D eigenvalue weighted by Crippen LogP contribution is -2.43. The van der Waals surface area contributed by atoms with Crippen molar-refractivity contribution in [1.29, 1.82) is 0 Å². The summed E-state index contributed by atoms with van der Waals surface area (Å²) in [7, 11) is 0. The summed E-state index contributed by atoms with van der Waals surface area (Å²) in [5.41, 5.74) is 0. The molecule has 1 atom stereocenters. The van der Waals surface area contributed by atoms with Gasteiger partial charge < -0.3 is 15.5 Å². The van der Waals surface area contributed by atoms with Crippen molar-refractivity contribution in [3.8, 4) is 0 Å². The molecule has 20 heavy (non-hydrogen) atoms. The Morgan fingerprint density at radius 2 is 2.40 bits per heavy atom. The van der Waals surface area contributed by atoms with E-state index in [0.29, 0.717) is 38.5 Å². The van der Waals surface area contributed by atoms with Crippen molar-refractivity contribution in [3.63, 3.8) is 0 Å². The van der Waals surface area contributed by atoms with E-state index in [9.17, 15) is 9.59 Å². The van der Waals surface area contributed by atoms with Gasteiger partial charge in [0.15, 0.2) is 0 Å². The number of urea groups is 1. The molecule has 3 amide bonds. The summed E-state index contributed by atoms with van der Waals surface area (Å²) in [5.74, 6) is 0.427. The summed E-state index contributed by atoms with van der Waals surface area (Å²) in [6.45, 7) is 4.41. The fraction of sp³-hybridized carbons (Fsp3) is 0.571. The summed E-state index contributed by atoms with van der Waals surface area (Å²) in [4.78, 5) is 26.3. The van der Waals surface area contributed by atoms with Gasteiger partial charge in [0.05, 0.1) is 0 Å². The second kappa shape index (κ2) is 7.28. The van der Waals surface area contributed by atoms with Gasteiger partial charge in [-0.2, -0.15) is 0 Å². The zero-order valence-corrected chi connectivity index (χ0v) is 12.5. The van der Waals surface area contributed by atoms with Crippen LogP contribution in [0.3, 0.4) is 0 Å². The number of carbonyl (C=O) groups is 2. The third-order valence-electron chi connectivity index (χ3n) is 3.33. The van der Waals surface area contributed by atoms with E-state index in [1.54, 1.807) is 16.2 Å². The number of hydrogen-bond acceptors (Lipinski definition) is 3. The smallest absolute Gasteiger partial charge is 0.317 e. The SMILES string of the molecule is C[C@@H](CNC(=O)N1CCNC(=O)CC1)Cc1cccs1. The van der Waals surface area contributed by atoms with Crippen LogP contribution in [-0.2, 0) is 11.2 Å². The Kier molecular flexibility index (Phi) is 5.40. The number of carbonyl (C=O) groups excluding carboxylic acids is 2. The van der Waals surface area contributed by atoms with Gasteiger partial charge in [-0.25, -0.2) is 4.79 Å². The van der Waals surface area contributed by atoms with Crippen LogP contribution in [0.5, 0.6) is 0 Å². The molecule has 6 heteroatoms. The molecule has 1 fully saturated rings. The number of rotatable bonds is 4. The first kappa shape index (κ1) is 14.8. The van der Waals surface area contributed by atoms with Crippen molar-refractivity contribution >= 4 is 23.3 Å². The summed E-state index contributed by atoms with van der Waals surface area (Å²) in [6, 6.07) is 4.10. The minimum atomic E-state index is -0.0699. The van der Waals surface area contributed by atoms with Crippen LogP contribution in [0.15, 0.2) is 17.5 Å². The molecule has 110 valence electrons. The maximum Gasteiger partial charge on any atom is 0.317 e. The maximum absolute atomic E-state index is 12.0. The molecule has 2 heterocycles. The van der Waals surface area contributed by atoms with Crippen molar-refractivity contribution in [2.75, 3.05) is 26.2 Å². The van der Waals surface area contributed by atoms with Gasteiger partial charge in [-0.3, -0.25) is 4.79 Å². The molecule has 2 rings (SSSR count). The van der Waals surface area contributed by atoms with E-state index < -0.39 is 0 Å². The molecule has 1 saturated heterocycles. The van der Waals surface area contributed by atoms with Crippen LogP contribution >= 0.6 is 11.3 Å². The molecular weight excluding hydrogens is 274 g/mol. The highest BCUT2D eigenvalue weighted by molar-refractivity contribution is 7.09. The topological polar surface area (TPSA) is 61.4 Å². The number of nitrogens with zero attached hydrogens (tertiary/aromatic N) is 1. The molecule has 5 nitrogen and oxygen atoms in total. The van der Waals surface area contributed by atoms with Crippen LogP contribution in [-0.4, -0.2) is 43.0 Å². The summed E-state index contributed by atoms with van der Waals surface area (Å²) < 4.78 is 0. The summed E-state index contributed by atoms with van der Waals surface area (Å²) >= 11 is 1.75. The van der Waals surface area contributed by atoms with Gasteiger partial charge >= 0.3 is 6.03 Å². The molecule has 1 aliphatic heterocycles. The third-order valence-corrected chi connectivity index (χ3v) is 4.23. The van der Waals surface area contributed by atoms with E-state index in [0.717, 1.165) is 6.42 Å². The third kappa shape index (κ3) is 4.52.